The van der Waals surface area contributed by atoms with Gasteiger partial charge in [0.2, 0.25) is 6.35 Å². The molecule has 134 valence electrons. The second-order valence-corrected chi connectivity index (χ2v) is 7.40. The zero-order chi connectivity index (χ0) is 17.8. The number of anilines is 3. The van der Waals surface area contributed by atoms with Crippen molar-refractivity contribution in [2.75, 3.05) is 29.2 Å². The van der Waals surface area contributed by atoms with Crippen LogP contribution in [-0.4, -0.2) is 71.6 Å². The van der Waals surface area contributed by atoms with Crippen molar-refractivity contribution in [2.45, 2.75) is 37.8 Å². The lowest BCUT2D eigenvalue weighted by Gasteiger charge is -2.32. The van der Waals surface area contributed by atoms with Crippen LogP contribution in [0, 0.1) is 0 Å². The average molecular weight is 370 g/mol. The topological polar surface area (TPSA) is 144 Å². The summed E-state index contributed by atoms with van der Waals surface area (Å²) in [5.41, 5.74) is 6.38. The first-order chi connectivity index (χ1) is 11.9. The van der Waals surface area contributed by atoms with Crippen molar-refractivity contribution in [1.82, 2.24) is 9.97 Å². The van der Waals surface area contributed by atoms with Gasteiger partial charge >= 0.3 is 15.4 Å². The van der Waals surface area contributed by atoms with E-state index >= 15 is 0 Å². The van der Waals surface area contributed by atoms with Crippen LogP contribution < -0.4 is 16.0 Å². The Morgan fingerprint density at radius 2 is 2.36 bits per heavy atom. The molecule has 3 aliphatic heterocycles. The number of nitrogens with zero attached hydrogens (tertiary/aromatic N) is 3. The van der Waals surface area contributed by atoms with Crippen LogP contribution in [0.15, 0.2) is 6.33 Å². The smallest absolute Gasteiger partial charge is 0.385 e. The van der Waals surface area contributed by atoms with Crippen LogP contribution in [-0.2, 0) is 18.5 Å². The summed E-state index contributed by atoms with van der Waals surface area (Å²) < 4.78 is 21.9. The maximum Gasteiger partial charge on any atom is 0.488 e. The molecule has 0 aliphatic carbocycles. The summed E-state index contributed by atoms with van der Waals surface area (Å²) >= 11 is 0. The van der Waals surface area contributed by atoms with Gasteiger partial charge in [-0.1, -0.05) is 0 Å². The van der Waals surface area contributed by atoms with Gasteiger partial charge in [0, 0.05) is 6.61 Å². The van der Waals surface area contributed by atoms with Gasteiger partial charge in [-0.3, -0.25) is 4.90 Å². The van der Waals surface area contributed by atoms with Gasteiger partial charge in [-0.15, -0.1) is 0 Å². The monoisotopic (exact) mass is 370 g/mol. The van der Waals surface area contributed by atoms with Crippen molar-refractivity contribution >= 4 is 32.7 Å². The Bertz CT molecular complexity index is 671. The summed E-state index contributed by atoms with van der Waals surface area (Å²) in [6, 6.07) is 0. The molecule has 5 unspecified atom stereocenters. The zero-order valence-corrected chi connectivity index (χ0v) is 14.2. The summed E-state index contributed by atoms with van der Waals surface area (Å²) in [6.45, 7) is 2.25. The van der Waals surface area contributed by atoms with Crippen molar-refractivity contribution in [3.63, 3.8) is 0 Å². The number of hydrogen-bond donors (Lipinski definition) is 4. The Kier molecular flexibility index (Phi) is 4.23. The minimum atomic E-state index is -3.45. The first kappa shape index (κ1) is 17.2. The van der Waals surface area contributed by atoms with Crippen molar-refractivity contribution in [3.05, 3.63) is 6.33 Å². The number of rotatable bonds is 3. The van der Waals surface area contributed by atoms with Gasteiger partial charge in [-0.25, -0.2) is 14.9 Å². The number of nitrogens with one attached hydrogen (secondary N) is 1. The van der Waals surface area contributed by atoms with E-state index < -0.39 is 38.7 Å². The fraction of sp³-hybridized carbons (Fsp3) is 0.667. The number of aromatic nitrogens is 2. The highest BCUT2D eigenvalue weighted by Gasteiger charge is 2.59. The van der Waals surface area contributed by atoms with Crippen LogP contribution in [0.25, 0.3) is 0 Å². The molecule has 0 amide bonds. The van der Waals surface area contributed by atoms with Crippen LogP contribution in [0.5, 0.6) is 0 Å². The highest BCUT2D eigenvalue weighted by atomic mass is 31.2. The van der Waals surface area contributed by atoms with Gasteiger partial charge in [0.05, 0.1) is 0 Å². The largest absolute Gasteiger partial charge is 0.488 e. The molecule has 1 aromatic rings. The van der Waals surface area contributed by atoms with Gasteiger partial charge < -0.3 is 25.6 Å². The lowest BCUT2D eigenvalue weighted by atomic mass is 10.1. The number of nitrogen functional groups attached to an aromatic ring is 1. The molecular formula is C12H18BN5O6P+. The van der Waals surface area contributed by atoms with E-state index in [1.54, 1.807) is 4.90 Å². The molecule has 2 fully saturated rings. The van der Waals surface area contributed by atoms with E-state index in [-0.39, 0.29) is 12.4 Å². The lowest BCUT2D eigenvalue weighted by molar-refractivity contribution is -0.0522. The number of aliphatic hydroxyl groups excluding tert-OH is 1. The van der Waals surface area contributed by atoms with Gasteiger partial charge in [0.25, 0.3) is 0 Å². The summed E-state index contributed by atoms with van der Waals surface area (Å²) in [5, 5.41) is 13.8. The fourth-order valence-corrected chi connectivity index (χ4v) is 4.19. The molecule has 1 aromatic heterocycles. The number of ether oxygens (including phenoxy) is 2. The summed E-state index contributed by atoms with van der Waals surface area (Å²) in [4.78, 5) is 19.6. The highest BCUT2D eigenvalue weighted by Crippen LogP contribution is 2.58. The molecule has 0 spiro atoms. The maximum absolute atomic E-state index is 10.7. The Labute approximate surface area is 145 Å². The Morgan fingerprint density at radius 3 is 3.12 bits per heavy atom. The SMILES string of the molecule is [B][P+]1(O)OCC2OC(N3c4ncnc(N)c4NC3OCC)C(O)[C@@H]2O1. The van der Waals surface area contributed by atoms with Crippen LogP contribution in [0.2, 0.25) is 0 Å². The highest BCUT2D eigenvalue weighted by molar-refractivity contribution is 7.85. The van der Waals surface area contributed by atoms with E-state index in [2.05, 4.69) is 15.3 Å². The average Bonchev–Trinajstić information content (AvgIpc) is 3.06. The third-order valence-electron chi connectivity index (χ3n) is 4.23. The Balaban J connectivity index is 1.65. The molecule has 25 heavy (non-hydrogen) atoms. The molecule has 3 aliphatic rings. The van der Waals surface area contributed by atoms with E-state index in [9.17, 15) is 10.00 Å². The molecule has 13 heteroatoms. The minimum Gasteiger partial charge on any atom is -0.385 e. The number of nitrogens with two attached hydrogens (primary N) is 1. The molecule has 0 aromatic carbocycles. The number of fused-ring (bicyclic) bond motifs is 2. The second kappa shape index (κ2) is 6.17. The number of aliphatic hydroxyl groups is 1. The third-order valence-corrected chi connectivity index (χ3v) is 5.29. The van der Waals surface area contributed by atoms with Crippen molar-refractivity contribution in [3.8, 4) is 0 Å². The molecule has 0 saturated carbocycles. The van der Waals surface area contributed by atoms with Crippen molar-refractivity contribution in [1.29, 1.82) is 0 Å². The van der Waals surface area contributed by atoms with E-state index in [1.165, 1.54) is 6.33 Å². The van der Waals surface area contributed by atoms with Crippen molar-refractivity contribution < 1.29 is 28.5 Å². The summed E-state index contributed by atoms with van der Waals surface area (Å²) in [5.74, 6) is 0.691. The van der Waals surface area contributed by atoms with Crippen LogP contribution >= 0.6 is 7.82 Å². The van der Waals surface area contributed by atoms with Crippen LogP contribution in [0.4, 0.5) is 17.3 Å². The van der Waals surface area contributed by atoms with E-state index in [4.69, 9.17) is 31.8 Å². The van der Waals surface area contributed by atoms with Crippen molar-refractivity contribution in [2.24, 2.45) is 0 Å². The Morgan fingerprint density at radius 1 is 1.56 bits per heavy atom. The molecule has 6 atom stereocenters. The van der Waals surface area contributed by atoms with Gasteiger partial charge in [0.1, 0.15) is 30.8 Å². The molecule has 5 N–H and O–H groups in total. The Hall–Kier alpha value is -1.27. The van der Waals surface area contributed by atoms with E-state index in [0.29, 0.717) is 18.1 Å². The third kappa shape index (κ3) is 2.83. The van der Waals surface area contributed by atoms with Crippen LogP contribution in [0.1, 0.15) is 6.92 Å². The first-order valence-corrected chi connectivity index (χ1v) is 9.39. The minimum absolute atomic E-state index is 0.0122. The standard InChI is InChI=1S/C12H18BN5O6P/c1-2-21-12-17-6-9(14)15-4-16-10(6)18(12)11-7(19)8-5(23-11)3-22-25(13,20)24-8/h4-5,7-8,11-12,17,19-20H,2-3H2,1H3,(H2,14,15,16)/q+1/t5?,7?,8-,11?,12?,25?/m1/s1. The zero-order valence-electron chi connectivity index (χ0n) is 13.3. The van der Waals surface area contributed by atoms with Gasteiger partial charge in [-0.2, -0.15) is 9.05 Å². The second-order valence-electron chi connectivity index (χ2n) is 5.80. The molecule has 0 bridgehead atoms. The molecule has 4 heterocycles. The van der Waals surface area contributed by atoms with Crippen LogP contribution in [0.3, 0.4) is 0 Å². The first-order valence-electron chi connectivity index (χ1n) is 7.75. The molecule has 11 nitrogen and oxygen atoms in total. The molecule has 4 rings (SSSR count). The fourth-order valence-electron chi connectivity index (χ4n) is 3.16. The normalized spacial score (nSPS) is 39.8. The van der Waals surface area contributed by atoms with E-state index in [0.717, 1.165) is 0 Å². The maximum atomic E-state index is 10.7. The summed E-state index contributed by atoms with van der Waals surface area (Å²) in [7, 11) is 2.08. The number of hydrogen-bond acceptors (Lipinski definition) is 11. The van der Waals surface area contributed by atoms with Gasteiger partial charge in [0.15, 0.2) is 24.0 Å². The predicted molar refractivity (Wildman–Crippen MR) is 88.3 cm³/mol. The lowest BCUT2D eigenvalue weighted by Crippen LogP contribution is -2.51. The summed E-state index contributed by atoms with van der Waals surface area (Å²) in [6.07, 6.45) is -2.74. The quantitative estimate of drug-likeness (QED) is 0.382. The molecule has 2 radical (unpaired) electrons. The van der Waals surface area contributed by atoms with Gasteiger partial charge in [-0.05, 0) is 6.92 Å². The molecule has 2 saturated heterocycles. The molecular weight excluding hydrogens is 352 g/mol. The van der Waals surface area contributed by atoms with E-state index in [1.807, 2.05) is 6.92 Å². The predicted octanol–water partition coefficient (Wildman–Crippen LogP) is -1.05.